The molecule has 258 valence electrons. The molecule has 1 aromatic heterocycles. The number of hydrogen-bond acceptors (Lipinski definition) is 8. The molecule has 48 heavy (non-hydrogen) atoms. The first-order chi connectivity index (χ1) is 23.1. The number of benzene rings is 2. The number of carbonyl (C=O) groups is 3. The number of guanidine groups is 1. The number of nitrogens with zero attached hydrogens (tertiary/aromatic N) is 2. The zero-order chi connectivity index (χ0) is 34.4. The van der Waals surface area contributed by atoms with Crippen molar-refractivity contribution in [2.24, 2.45) is 22.4 Å². The number of aliphatic imine (C=N–C) groups is 1. The van der Waals surface area contributed by atoms with Crippen LogP contribution in [0.25, 0.3) is 0 Å². The molecular formula is C34H45N7O5S2. The van der Waals surface area contributed by atoms with E-state index in [1.165, 1.54) is 17.5 Å². The van der Waals surface area contributed by atoms with E-state index in [0.717, 1.165) is 37.7 Å². The highest BCUT2D eigenvalue weighted by atomic mass is 32.2. The molecule has 2 amide bonds. The quantitative estimate of drug-likeness (QED) is 0.0579. The number of nitrogens with two attached hydrogens (primary N) is 2. The van der Waals surface area contributed by atoms with Crippen molar-refractivity contribution in [1.29, 1.82) is 0 Å². The van der Waals surface area contributed by atoms with Crippen molar-refractivity contribution < 1.29 is 22.8 Å². The van der Waals surface area contributed by atoms with Crippen molar-refractivity contribution in [1.82, 2.24) is 20.3 Å². The van der Waals surface area contributed by atoms with Crippen LogP contribution in [0.5, 0.6) is 0 Å². The molecule has 0 unspecified atom stereocenters. The lowest BCUT2D eigenvalue weighted by Gasteiger charge is -2.29. The van der Waals surface area contributed by atoms with Gasteiger partial charge in [-0.05, 0) is 42.7 Å². The number of hydrogen-bond donors (Lipinski definition) is 5. The lowest BCUT2D eigenvalue weighted by atomic mass is 9.84. The highest BCUT2D eigenvalue weighted by Gasteiger charge is 2.33. The monoisotopic (exact) mass is 695 g/mol. The summed E-state index contributed by atoms with van der Waals surface area (Å²) >= 11 is 1.17. The number of amides is 2. The smallest absolute Gasteiger partial charge is 0.243 e. The van der Waals surface area contributed by atoms with Crippen molar-refractivity contribution >= 4 is 44.9 Å². The number of nitrogens with one attached hydrogen (secondary N) is 3. The second-order valence-electron chi connectivity index (χ2n) is 12.1. The molecule has 2 aromatic carbocycles. The van der Waals surface area contributed by atoms with Crippen molar-refractivity contribution in [3.8, 4) is 0 Å². The summed E-state index contributed by atoms with van der Waals surface area (Å²) in [5.41, 5.74) is 12.2. The molecule has 1 fully saturated rings. The Balaban J connectivity index is 1.56. The van der Waals surface area contributed by atoms with Crippen LogP contribution in [-0.2, 0) is 31.8 Å². The summed E-state index contributed by atoms with van der Waals surface area (Å²) in [7, 11) is -3.95. The summed E-state index contributed by atoms with van der Waals surface area (Å²) in [5, 5.41) is 7.69. The number of ketones is 1. The maximum atomic E-state index is 14.0. The molecule has 0 saturated heterocycles. The van der Waals surface area contributed by atoms with Gasteiger partial charge in [0.2, 0.25) is 27.6 Å². The van der Waals surface area contributed by atoms with Gasteiger partial charge in [-0.2, -0.15) is 0 Å². The van der Waals surface area contributed by atoms with Crippen molar-refractivity contribution in [2.45, 2.75) is 81.7 Å². The van der Waals surface area contributed by atoms with E-state index in [9.17, 15) is 22.8 Å². The summed E-state index contributed by atoms with van der Waals surface area (Å²) < 4.78 is 29.2. The first-order valence-corrected chi connectivity index (χ1v) is 18.8. The van der Waals surface area contributed by atoms with Gasteiger partial charge in [0, 0.05) is 18.1 Å². The summed E-state index contributed by atoms with van der Waals surface area (Å²) in [6, 6.07) is 14.7. The van der Waals surface area contributed by atoms with Gasteiger partial charge < -0.3 is 22.1 Å². The van der Waals surface area contributed by atoms with Crippen LogP contribution in [-0.4, -0.2) is 61.6 Å². The molecule has 3 atom stereocenters. The Hall–Kier alpha value is -4.14. The van der Waals surface area contributed by atoms with E-state index in [-0.39, 0.29) is 47.8 Å². The van der Waals surface area contributed by atoms with Gasteiger partial charge in [0.15, 0.2) is 11.0 Å². The van der Waals surface area contributed by atoms with Crippen LogP contribution in [0.4, 0.5) is 0 Å². The third-order valence-corrected chi connectivity index (χ3v) is 10.4. The molecule has 0 spiro atoms. The zero-order valence-electron chi connectivity index (χ0n) is 26.9. The molecule has 0 radical (unpaired) electrons. The number of thiazole rings is 1. The van der Waals surface area contributed by atoms with Crippen LogP contribution in [0, 0.1) is 5.92 Å². The number of sulfonamides is 1. The van der Waals surface area contributed by atoms with Crippen LogP contribution in [0.3, 0.4) is 0 Å². The minimum absolute atomic E-state index is 0.0680. The van der Waals surface area contributed by atoms with E-state index in [1.807, 2.05) is 30.3 Å². The normalized spacial score (nSPS) is 15.5. The number of carbonyl (C=O) groups excluding carboxylic acids is 3. The fraction of sp³-hybridized carbons (Fsp3) is 0.441. The van der Waals surface area contributed by atoms with E-state index in [2.05, 4.69) is 25.3 Å². The molecular weight excluding hydrogens is 651 g/mol. The van der Waals surface area contributed by atoms with Crippen molar-refractivity contribution in [3.05, 3.63) is 88.4 Å². The fourth-order valence-electron chi connectivity index (χ4n) is 5.89. The fourth-order valence-corrected chi connectivity index (χ4v) is 7.86. The predicted octanol–water partition coefficient (Wildman–Crippen LogP) is 3.05. The van der Waals surface area contributed by atoms with Gasteiger partial charge in [0.05, 0.1) is 11.8 Å². The van der Waals surface area contributed by atoms with E-state index in [4.69, 9.17) is 11.5 Å². The topological polar surface area (TPSA) is 199 Å². The maximum absolute atomic E-state index is 14.0. The number of aromatic nitrogens is 1. The molecule has 7 N–H and O–H groups in total. The summed E-state index contributed by atoms with van der Waals surface area (Å²) in [6.07, 6.45) is 7.62. The van der Waals surface area contributed by atoms with Gasteiger partial charge in [0.1, 0.15) is 12.1 Å². The predicted molar refractivity (Wildman–Crippen MR) is 188 cm³/mol. The van der Waals surface area contributed by atoms with E-state index < -0.39 is 40.0 Å². The Morgan fingerprint density at radius 1 is 0.875 bits per heavy atom. The average Bonchev–Trinajstić information content (AvgIpc) is 3.61. The van der Waals surface area contributed by atoms with E-state index in [1.54, 1.807) is 35.7 Å². The van der Waals surface area contributed by atoms with Gasteiger partial charge in [0.25, 0.3) is 0 Å². The number of Topliss-reactive ketones (excluding diaryl/α,β-unsaturated/α-hetero) is 1. The molecule has 1 aliphatic carbocycles. The van der Waals surface area contributed by atoms with Gasteiger partial charge in [-0.15, -0.1) is 11.3 Å². The standard InChI is InChI=1S/C34H45N7O5S2/c35-34(36)38-18-10-17-27(30(42)33-37-19-20-47-33)39-31(43)28(21-24-11-4-1-5-12-24)40-32(44)29(22-25-13-6-2-7-14-25)41-48(45,46)23-26-15-8-3-9-16-26/h2-3,6-9,13-16,19-20,24,27-29,41H,1,4-5,10-12,17-18,21-23H2,(H,39,43)(H,40,44)(H4,35,36,38)/t27-,28-,29+/m0/s1. The lowest BCUT2D eigenvalue weighted by Crippen LogP contribution is -2.56. The molecule has 0 aliphatic heterocycles. The van der Waals surface area contributed by atoms with Crippen LogP contribution >= 0.6 is 11.3 Å². The van der Waals surface area contributed by atoms with Crippen LogP contribution in [0.2, 0.25) is 0 Å². The Morgan fingerprint density at radius 3 is 2.12 bits per heavy atom. The zero-order valence-corrected chi connectivity index (χ0v) is 28.6. The second-order valence-corrected chi connectivity index (χ2v) is 14.8. The molecule has 12 nitrogen and oxygen atoms in total. The van der Waals surface area contributed by atoms with Crippen LogP contribution in [0.15, 0.2) is 77.2 Å². The number of rotatable bonds is 18. The Labute approximate surface area is 286 Å². The van der Waals surface area contributed by atoms with Crippen LogP contribution < -0.4 is 26.8 Å². The summed E-state index contributed by atoms with van der Waals surface area (Å²) in [4.78, 5) is 49.5. The molecule has 1 saturated carbocycles. The summed E-state index contributed by atoms with van der Waals surface area (Å²) in [6.45, 7) is 0.270. The first-order valence-electron chi connectivity index (χ1n) is 16.3. The van der Waals surface area contributed by atoms with E-state index >= 15 is 0 Å². The Kier molecular flexibility index (Phi) is 14.1. The molecule has 1 aliphatic rings. The highest BCUT2D eigenvalue weighted by molar-refractivity contribution is 7.88. The molecule has 4 rings (SSSR count). The van der Waals surface area contributed by atoms with Gasteiger partial charge in [-0.3, -0.25) is 19.4 Å². The lowest BCUT2D eigenvalue weighted by molar-refractivity contribution is -0.130. The third-order valence-electron chi connectivity index (χ3n) is 8.27. The van der Waals surface area contributed by atoms with Crippen LogP contribution in [0.1, 0.15) is 72.3 Å². The van der Waals surface area contributed by atoms with Crippen molar-refractivity contribution in [2.75, 3.05) is 6.54 Å². The average molecular weight is 696 g/mol. The SMILES string of the molecule is NC(N)=NCCC[C@H](NC(=O)[C@H](CC1CCCCC1)NC(=O)[C@@H](Cc1ccccc1)NS(=O)(=O)Cc1ccccc1)C(=O)c1nccs1. The Morgan fingerprint density at radius 2 is 1.50 bits per heavy atom. The summed E-state index contributed by atoms with van der Waals surface area (Å²) in [5.74, 6) is -1.67. The van der Waals surface area contributed by atoms with Gasteiger partial charge in [-0.1, -0.05) is 92.8 Å². The molecule has 3 aromatic rings. The molecule has 0 bridgehead atoms. The molecule has 14 heteroatoms. The first kappa shape index (κ1) is 36.7. The van der Waals surface area contributed by atoms with E-state index in [0.29, 0.717) is 18.4 Å². The highest BCUT2D eigenvalue weighted by Crippen LogP contribution is 2.27. The largest absolute Gasteiger partial charge is 0.370 e. The second kappa shape index (κ2) is 18.4. The third kappa shape index (κ3) is 12.1. The maximum Gasteiger partial charge on any atom is 0.243 e. The Bertz CT molecular complexity index is 1590. The van der Waals surface area contributed by atoms with Gasteiger partial charge in [-0.25, -0.2) is 18.1 Å². The van der Waals surface area contributed by atoms with Gasteiger partial charge >= 0.3 is 0 Å². The van der Waals surface area contributed by atoms with Crippen molar-refractivity contribution in [3.63, 3.8) is 0 Å². The minimum atomic E-state index is -3.95. The minimum Gasteiger partial charge on any atom is -0.370 e. The molecule has 1 heterocycles.